The first kappa shape index (κ1) is 15.3. The molecule has 1 aromatic heterocycles. The highest BCUT2D eigenvalue weighted by atomic mass is 16.5. The van der Waals surface area contributed by atoms with Crippen LogP contribution in [0, 0.1) is 6.92 Å². The number of fused-ring (bicyclic) bond motifs is 1. The summed E-state index contributed by atoms with van der Waals surface area (Å²) in [6.07, 6.45) is 0.994. The number of nitrogens with one attached hydrogen (secondary N) is 1. The summed E-state index contributed by atoms with van der Waals surface area (Å²) in [7, 11) is 0. The average Bonchev–Trinajstić information content (AvgIpc) is 2.44. The van der Waals surface area contributed by atoms with E-state index in [1.807, 2.05) is 25.1 Å². The molecule has 0 fully saturated rings. The molecule has 2 aromatic rings. The number of nitrogens with zero attached hydrogens (tertiary/aromatic N) is 1. The van der Waals surface area contributed by atoms with Gasteiger partial charge in [-0.05, 0) is 32.9 Å². The Bertz CT molecular complexity index is 653. The summed E-state index contributed by atoms with van der Waals surface area (Å²) in [5.74, 6) is -0.415. The number of rotatable bonds is 5. The van der Waals surface area contributed by atoms with Crippen LogP contribution < -0.4 is 5.32 Å². The number of carbonyl (C=O) groups excluding carboxylic acids is 1. The zero-order valence-electron chi connectivity index (χ0n) is 12.5. The van der Waals surface area contributed by atoms with E-state index in [0.717, 1.165) is 16.5 Å². The zero-order chi connectivity index (χ0) is 15.4. The predicted octanol–water partition coefficient (Wildman–Crippen LogP) is 2.51. The molecule has 0 aliphatic rings. The van der Waals surface area contributed by atoms with E-state index >= 15 is 0 Å². The fourth-order valence-electron chi connectivity index (χ4n) is 2.11. The number of benzene rings is 1. The van der Waals surface area contributed by atoms with Gasteiger partial charge in [-0.15, -0.1) is 0 Å². The third-order valence-corrected chi connectivity index (χ3v) is 3.09. The number of ether oxygens (including phenoxy) is 1. The summed E-state index contributed by atoms with van der Waals surface area (Å²) >= 11 is 0. The molecule has 2 rings (SSSR count). The van der Waals surface area contributed by atoms with E-state index in [9.17, 15) is 9.90 Å². The molecule has 0 bridgehead atoms. The number of aliphatic hydroxyl groups excluding tert-OH is 1. The van der Waals surface area contributed by atoms with Gasteiger partial charge in [-0.25, -0.2) is 4.79 Å². The Hall–Kier alpha value is -2.14. The fraction of sp³-hybridized carbons (Fsp3) is 0.375. The molecule has 112 valence electrons. The Morgan fingerprint density at radius 1 is 1.48 bits per heavy atom. The van der Waals surface area contributed by atoms with Crippen molar-refractivity contribution in [2.24, 2.45) is 0 Å². The first-order valence-electron chi connectivity index (χ1n) is 7.01. The molecule has 0 aliphatic heterocycles. The van der Waals surface area contributed by atoms with Crippen molar-refractivity contribution in [1.82, 2.24) is 4.98 Å². The summed E-state index contributed by atoms with van der Waals surface area (Å²) in [6.45, 7) is 6.08. The zero-order valence-corrected chi connectivity index (χ0v) is 12.5. The number of aryl methyl sites for hydroxylation is 1. The third-order valence-electron chi connectivity index (χ3n) is 3.09. The van der Waals surface area contributed by atoms with E-state index in [1.54, 1.807) is 13.8 Å². The molecule has 21 heavy (non-hydrogen) atoms. The van der Waals surface area contributed by atoms with E-state index < -0.39 is 12.1 Å². The molecule has 0 radical (unpaired) electrons. The Kier molecular flexibility index (Phi) is 4.75. The van der Waals surface area contributed by atoms with Crippen LogP contribution in [0.3, 0.4) is 0 Å². The van der Waals surface area contributed by atoms with E-state index in [2.05, 4.69) is 10.3 Å². The van der Waals surface area contributed by atoms with Crippen LogP contribution in [0.15, 0.2) is 24.4 Å². The van der Waals surface area contributed by atoms with Crippen LogP contribution in [0.1, 0.15) is 29.8 Å². The normalized spacial score (nSPS) is 12.2. The molecule has 5 heteroatoms. The molecular weight excluding hydrogens is 268 g/mol. The summed E-state index contributed by atoms with van der Waals surface area (Å²) < 4.78 is 5.07. The molecule has 1 heterocycles. The average molecular weight is 288 g/mol. The highest BCUT2D eigenvalue weighted by Crippen LogP contribution is 2.27. The number of esters is 1. The van der Waals surface area contributed by atoms with Crippen LogP contribution in [0.4, 0.5) is 5.69 Å². The fourth-order valence-corrected chi connectivity index (χ4v) is 2.11. The monoisotopic (exact) mass is 288 g/mol. The van der Waals surface area contributed by atoms with E-state index in [0.29, 0.717) is 24.4 Å². The lowest BCUT2D eigenvalue weighted by Gasteiger charge is -2.15. The molecule has 0 unspecified atom stereocenters. The van der Waals surface area contributed by atoms with Gasteiger partial charge in [0.15, 0.2) is 0 Å². The maximum absolute atomic E-state index is 12.1. The van der Waals surface area contributed by atoms with Gasteiger partial charge in [0, 0.05) is 18.1 Å². The minimum Gasteiger partial charge on any atom is -0.462 e. The number of aliphatic hydroxyl groups is 1. The van der Waals surface area contributed by atoms with Gasteiger partial charge in [0.05, 0.1) is 23.9 Å². The maximum Gasteiger partial charge on any atom is 0.341 e. The van der Waals surface area contributed by atoms with Crippen molar-refractivity contribution >= 4 is 22.6 Å². The maximum atomic E-state index is 12.1. The van der Waals surface area contributed by atoms with Gasteiger partial charge in [-0.1, -0.05) is 11.6 Å². The minimum absolute atomic E-state index is 0.306. The van der Waals surface area contributed by atoms with Crippen molar-refractivity contribution in [3.63, 3.8) is 0 Å². The lowest BCUT2D eigenvalue weighted by atomic mass is 10.1. The second-order valence-corrected chi connectivity index (χ2v) is 5.02. The van der Waals surface area contributed by atoms with Gasteiger partial charge in [-0.2, -0.15) is 0 Å². The predicted molar refractivity (Wildman–Crippen MR) is 82.6 cm³/mol. The Labute approximate surface area is 124 Å². The highest BCUT2D eigenvalue weighted by Gasteiger charge is 2.17. The molecule has 1 atom stereocenters. The minimum atomic E-state index is -0.520. The van der Waals surface area contributed by atoms with Crippen LogP contribution in [-0.2, 0) is 4.74 Å². The Morgan fingerprint density at radius 3 is 2.90 bits per heavy atom. The second-order valence-electron chi connectivity index (χ2n) is 5.02. The van der Waals surface area contributed by atoms with Gasteiger partial charge in [0.2, 0.25) is 0 Å². The van der Waals surface area contributed by atoms with Crippen LogP contribution in [-0.4, -0.2) is 35.3 Å². The third kappa shape index (κ3) is 3.49. The van der Waals surface area contributed by atoms with Crippen LogP contribution >= 0.6 is 0 Å². The SMILES string of the molecule is CCOC(=O)c1cnc2ccc(C)cc2c1NC[C@H](C)O. The highest BCUT2D eigenvalue weighted by molar-refractivity contribution is 6.05. The van der Waals surface area contributed by atoms with Crippen LogP contribution in [0.5, 0.6) is 0 Å². The van der Waals surface area contributed by atoms with E-state index in [-0.39, 0.29) is 0 Å². The number of aromatic nitrogens is 1. The number of pyridine rings is 1. The number of anilines is 1. The van der Waals surface area contributed by atoms with E-state index in [4.69, 9.17) is 4.74 Å². The first-order chi connectivity index (χ1) is 10.0. The summed E-state index contributed by atoms with van der Waals surface area (Å²) in [6, 6.07) is 5.85. The number of hydrogen-bond acceptors (Lipinski definition) is 5. The van der Waals surface area contributed by atoms with Crippen molar-refractivity contribution < 1.29 is 14.6 Å². The molecule has 0 aliphatic carbocycles. The number of carbonyl (C=O) groups is 1. The molecule has 2 N–H and O–H groups in total. The van der Waals surface area contributed by atoms with Crippen molar-refractivity contribution in [1.29, 1.82) is 0 Å². The Balaban J connectivity index is 2.55. The molecule has 0 amide bonds. The van der Waals surface area contributed by atoms with Crippen LogP contribution in [0.25, 0.3) is 10.9 Å². The Morgan fingerprint density at radius 2 is 2.24 bits per heavy atom. The van der Waals surface area contributed by atoms with Crippen LogP contribution in [0.2, 0.25) is 0 Å². The van der Waals surface area contributed by atoms with Gasteiger partial charge < -0.3 is 15.2 Å². The molecule has 0 saturated carbocycles. The molecule has 1 aromatic carbocycles. The standard InChI is InChI=1S/C16H20N2O3/c1-4-21-16(20)13-9-17-14-6-5-10(2)7-12(14)15(13)18-8-11(3)19/h5-7,9,11,19H,4,8H2,1-3H3,(H,17,18)/t11-/m0/s1. The van der Waals surface area contributed by atoms with Gasteiger partial charge in [0.25, 0.3) is 0 Å². The van der Waals surface area contributed by atoms with Gasteiger partial charge in [0.1, 0.15) is 5.56 Å². The molecule has 5 nitrogen and oxygen atoms in total. The van der Waals surface area contributed by atoms with Gasteiger partial charge >= 0.3 is 5.97 Å². The summed E-state index contributed by atoms with van der Waals surface area (Å²) in [4.78, 5) is 16.4. The number of hydrogen-bond donors (Lipinski definition) is 2. The smallest absolute Gasteiger partial charge is 0.341 e. The molecular formula is C16H20N2O3. The lowest BCUT2D eigenvalue weighted by molar-refractivity contribution is 0.0527. The summed E-state index contributed by atoms with van der Waals surface area (Å²) in [5, 5.41) is 13.5. The largest absolute Gasteiger partial charge is 0.462 e. The first-order valence-corrected chi connectivity index (χ1v) is 7.01. The molecule has 0 spiro atoms. The lowest BCUT2D eigenvalue weighted by Crippen LogP contribution is -2.18. The van der Waals surface area contributed by atoms with Crippen molar-refractivity contribution in [2.75, 3.05) is 18.5 Å². The van der Waals surface area contributed by atoms with Crippen molar-refractivity contribution in [2.45, 2.75) is 26.9 Å². The second kappa shape index (κ2) is 6.54. The van der Waals surface area contributed by atoms with Gasteiger partial charge in [-0.3, -0.25) is 4.98 Å². The topological polar surface area (TPSA) is 71.5 Å². The van der Waals surface area contributed by atoms with Crippen molar-refractivity contribution in [3.8, 4) is 0 Å². The molecule has 0 saturated heterocycles. The van der Waals surface area contributed by atoms with Crippen molar-refractivity contribution in [3.05, 3.63) is 35.5 Å². The van der Waals surface area contributed by atoms with E-state index in [1.165, 1.54) is 6.20 Å². The quantitative estimate of drug-likeness (QED) is 0.827. The summed E-state index contributed by atoms with van der Waals surface area (Å²) in [5.41, 5.74) is 2.91.